The van der Waals surface area contributed by atoms with Crippen molar-refractivity contribution >= 4 is 0 Å². The van der Waals surface area contributed by atoms with Crippen LogP contribution in [0.3, 0.4) is 0 Å². The van der Waals surface area contributed by atoms with Crippen LogP contribution in [-0.2, 0) is 6.42 Å². The van der Waals surface area contributed by atoms with E-state index in [1.807, 2.05) is 12.1 Å². The molecule has 2 nitrogen and oxygen atoms in total. The quantitative estimate of drug-likeness (QED) is 0.890. The molecule has 1 aliphatic rings. The third-order valence-electron chi connectivity index (χ3n) is 4.65. The first-order chi connectivity index (χ1) is 9.06. The lowest BCUT2D eigenvalue weighted by atomic mass is 9.85. The summed E-state index contributed by atoms with van der Waals surface area (Å²) < 4.78 is 0. The van der Waals surface area contributed by atoms with Crippen LogP contribution in [0.1, 0.15) is 45.1 Å². The Hall–Kier alpha value is -1.02. The molecule has 0 aromatic heterocycles. The highest BCUT2D eigenvalue weighted by atomic mass is 16.3. The molecular weight excluding hydrogens is 234 g/mol. The number of likely N-dealkylation sites (N-methyl/N-ethyl adjacent to an activating group) is 1. The number of hydrogen-bond acceptors (Lipinski definition) is 2. The summed E-state index contributed by atoms with van der Waals surface area (Å²) in [5.41, 5.74) is 1.31. The Balaban J connectivity index is 1.91. The van der Waals surface area contributed by atoms with Crippen molar-refractivity contribution in [3.8, 4) is 5.75 Å². The minimum absolute atomic E-state index is 0.353. The fourth-order valence-electron chi connectivity index (χ4n) is 3.25. The highest BCUT2D eigenvalue weighted by Gasteiger charge is 2.25. The zero-order chi connectivity index (χ0) is 13.8. The highest BCUT2D eigenvalue weighted by Crippen LogP contribution is 2.28. The third-order valence-corrected chi connectivity index (χ3v) is 4.65. The van der Waals surface area contributed by atoms with Gasteiger partial charge in [0.2, 0.25) is 0 Å². The summed E-state index contributed by atoms with van der Waals surface area (Å²) in [5, 5.41) is 9.32. The van der Waals surface area contributed by atoms with E-state index in [1.54, 1.807) is 12.1 Å². The summed E-state index contributed by atoms with van der Waals surface area (Å²) in [6.45, 7) is 4.69. The van der Waals surface area contributed by atoms with E-state index in [9.17, 15) is 5.11 Å². The van der Waals surface area contributed by atoms with Crippen molar-refractivity contribution in [1.82, 2.24) is 4.90 Å². The van der Waals surface area contributed by atoms with E-state index in [-0.39, 0.29) is 0 Å². The van der Waals surface area contributed by atoms with E-state index < -0.39 is 0 Å². The fourth-order valence-corrected chi connectivity index (χ4v) is 3.25. The van der Waals surface area contributed by atoms with Crippen molar-refractivity contribution in [3.63, 3.8) is 0 Å². The summed E-state index contributed by atoms with van der Waals surface area (Å²) in [6.07, 6.45) is 6.53. The molecule has 19 heavy (non-hydrogen) atoms. The van der Waals surface area contributed by atoms with Crippen molar-refractivity contribution in [2.75, 3.05) is 7.05 Å². The zero-order valence-corrected chi connectivity index (χ0v) is 12.5. The molecule has 1 aromatic rings. The van der Waals surface area contributed by atoms with E-state index in [2.05, 4.69) is 25.8 Å². The second-order valence-electron chi connectivity index (χ2n) is 6.31. The molecule has 2 heteroatoms. The van der Waals surface area contributed by atoms with Crippen LogP contribution in [0, 0.1) is 5.92 Å². The van der Waals surface area contributed by atoms with Crippen LogP contribution < -0.4 is 0 Å². The molecule has 2 rings (SSSR count). The predicted octanol–water partition coefficient (Wildman–Crippen LogP) is 3.83. The van der Waals surface area contributed by atoms with Gasteiger partial charge in [-0.25, -0.2) is 0 Å². The number of aromatic hydroxyl groups is 1. The summed E-state index contributed by atoms with van der Waals surface area (Å²) in [5.74, 6) is 1.23. The Morgan fingerprint density at radius 1 is 1.26 bits per heavy atom. The number of phenols is 1. The molecule has 0 amide bonds. The smallest absolute Gasteiger partial charge is 0.115 e. The molecule has 1 saturated carbocycles. The van der Waals surface area contributed by atoms with Crippen molar-refractivity contribution in [2.45, 2.75) is 58.0 Å². The Morgan fingerprint density at radius 2 is 1.95 bits per heavy atom. The minimum Gasteiger partial charge on any atom is -0.508 e. The maximum absolute atomic E-state index is 9.32. The van der Waals surface area contributed by atoms with Crippen LogP contribution in [0.2, 0.25) is 0 Å². The molecule has 1 N–H and O–H groups in total. The second-order valence-corrected chi connectivity index (χ2v) is 6.31. The molecule has 0 radical (unpaired) electrons. The van der Waals surface area contributed by atoms with Crippen molar-refractivity contribution < 1.29 is 5.11 Å². The fraction of sp³-hybridized carbons (Fsp3) is 0.647. The molecule has 3 atom stereocenters. The second kappa shape index (κ2) is 6.42. The first-order valence-electron chi connectivity index (χ1n) is 7.56. The monoisotopic (exact) mass is 261 g/mol. The standard InChI is InChI=1S/C17H27NO/c1-13-5-4-6-16(11-13)18(3)14(2)12-15-7-9-17(19)10-8-15/h7-10,13-14,16,19H,4-6,11-12H2,1-3H3. The van der Waals surface area contributed by atoms with Gasteiger partial charge in [-0.2, -0.15) is 0 Å². The number of benzene rings is 1. The van der Waals surface area contributed by atoms with Gasteiger partial charge in [0.05, 0.1) is 0 Å². The molecular formula is C17H27NO. The van der Waals surface area contributed by atoms with E-state index in [4.69, 9.17) is 0 Å². The topological polar surface area (TPSA) is 23.5 Å². The lowest BCUT2D eigenvalue weighted by molar-refractivity contribution is 0.125. The van der Waals surface area contributed by atoms with Gasteiger partial charge in [0.15, 0.2) is 0 Å². The van der Waals surface area contributed by atoms with Gasteiger partial charge in [-0.1, -0.05) is 31.9 Å². The Morgan fingerprint density at radius 3 is 2.58 bits per heavy atom. The minimum atomic E-state index is 0.353. The van der Waals surface area contributed by atoms with Crippen LogP contribution in [-0.4, -0.2) is 29.1 Å². The zero-order valence-electron chi connectivity index (χ0n) is 12.5. The van der Waals surface area contributed by atoms with Gasteiger partial charge in [-0.3, -0.25) is 0 Å². The number of hydrogen-bond donors (Lipinski definition) is 1. The maximum atomic E-state index is 9.32. The van der Waals surface area contributed by atoms with Gasteiger partial charge < -0.3 is 10.0 Å². The summed E-state index contributed by atoms with van der Waals surface area (Å²) in [6, 6.07) is 8.93. The summed E-state index contributed by atoms with van der Waals surface area (Å²) >= 11 is 0. The van der Waals surface area contributed by atoms with Gasteiger partial charge in [-0.15, -0.1) is 0 Å². The molecule has 0 bridgehead atoms. The van der Waals surface area contributed by atoms with Gasteiger partial charge in [0.1, 0.15) is 5.75 Å². The van der Waals surface area contributed by atoms with Crippen molar-refractivity contribution in [1.29, 1.82) is 0 Å². The van der Waals surface area contributed by atoms with Crippen LogP contribution in [0.4, 0.5) is 0 Å². The van der Waals surface area contributed by atoms with Crippen molar-refractivity contribution in [2.24, 2.45) is 5.92 Å². The third kappa shape index (κ3) is 3.97. The van der Waals surface area contributed by atoms with E-state index in [0.29, 0.717) is 11.8 Å². The molecule has 106 valence electrons. The summed E-state index contributed by atoms with van der Waals surface area (Å²) in [7, 11) is 2.27. The van der Waals surface area contributed by atoms with Crippen LogP contribution in [0.5, 0.6) is 5.75 Å². The Labute approximate surface area is 117 Å². The van der Waals surface area contributed by atoms with Gasteiger partial charge in [0.25, 0.3) is 0 Å². The normalized spacial score (nSPS) is 25.5. The lowest BCUT2D eigenvalue weighted by Gasteiger charge is -2.37. The number of rotatable bonds is 4. The Kier molecular flexibility index (Phi) is 4.87. The molecule has 0 heterocycles. The van der Waals surface area contributed by atoms with Gasteiger partial charge >= 0.3 is 0 Å². The SMILES string of the molecule is CC1CCCC(N(C)C(C)Cc2ccc(O)cc2)C1. The van der Waals surface area contributed by atoms with E-state index >= 15 is 0 Å². The van der Waals surface area contributed by atoms with E-state index in [1.165, 1.54) is 31.2 Å². The van der Waals surface area contributed by atoms with Crippen molar-refractivity contribution in [3.05, 3.63) is 29.8 Å². The first kappa shape index (κ1) is 14.4. The largest absolute Gasteiger partial charge is 0.508 e. The van der Waals surface area contributed by atoms with Gasteiger partial charge in [-0.05, 0) is 56.8 Å². The number of nitrogens with zero attached hydrogens (tertiary/aromatic N) is 1. The maximum Gasteiger partial charge on any atom is 0.115 e. The number of phenolic OH excluding ortho intramolecular Hbond substituents is 1. The molecule has 0 aliphatic heterocycles. The van der Waals surface area contributed by atoms with Crippen LogP contribution in [0.15, 0.2) is 24.3 Å². The molecule has 1 fully saturated rings. The molecule has 1 aliphatic carbocycles. The lowest BCUT2D eigenvalue weighted by Crippen LogP contribution is -2.42. The summed E-state index contributed by atoms with van der Waals surface area (Å²) in [4.78, 5) is 2.56. The van der Waals surface area contributed by atoms with Crippen LogP contribution in [0.25, 0.3) is 0 Å². The van der Waals surface area contributed by atoms with E-state index in [0.717, 1.165) is 18.4 Å². The predicted molar refractivity (Wildman–Crippen MR) is 80.5 cm³/mol. The first-order valence-corrected chi connectivity index (χ1v) is 7.56. The van der Waals surface area contributed by atoms with Gasteiger partial charge in [0, 0.05) is 12.1 Å². The average molecular weight is 261 g/mol. The average Bonchev–Trinajstić information content (AvgIpc) is 2.40. The Bertz CT molecular complexity index is 387. The molecule has 0 spiro atoms. The highest BCUT2D eigenvalue weighted by molar-refractivity contribution is 5.26. The molecule has 3 unspecified atom stereocenters. The van der Waals surface area contributed by atoms with Crippen LogP contribution >= 0.6 is 0 Å². The molecule has 0 saturated heterocycles. The molecule has 1 aromatic carbocycles.